The van der Waals surface area contributed by atoms with E-state index in [1.54, 1.807) is 7.11 Å². The summed E-state index contributed by atoms with van der Waals surface area (Å²) in [6, 6.07) is 7.90. The molecule has 0 atom stereocenters. The molecule has 0 spiro atoms. The maximum atomic E-state index is 12.0. The van der Waals surface area contributed by atoms with E-state index in [2.05, 4.69) is 16.0 Å². The number of piperidine rings is 1. The molecule has 1 aromatic carbocycles. The largest absolute Gasteiger partial charge is 0.497 e. The second-order valence-corrected chi connectivity index (χ2v) is 7.44. The molecule has 0 radical (unpaired) electrons. The van der Waals surface area contributed by atoms with Crippen molar-refractivity contribution in [3.05, 3.63) is 34.7 Å². The van der Waals surface area contributed by atoms with Crippen molar-refractivity contribution < 1.29 is 9.53 Å². The number of fused-ring (bicyclic) bond motifs is 1. The van der Waals surface area contributed by atoms with E-state index in [4.69, 9.17) is 15.5 Å². The zero-order chi connectivity index (χ0) is 18.1. The molecule has 1 aromatic heterocycles. The first kappa shape index (κ1) is 16.9. The van der Waals surface area contributed by atoms with Gasteiger partial charge in [0.05, 0.1) is 17.5 Å². The van der Waals surface area contributed by atoms with Gasteiger partial charge in [-0.05, 0) is 61.4 Å². The molecule has 0 saturated carbocycles. The van der Waals surface area contributed by atoms with E-state index < -0.39 is 0 Å². The number of hydrogen-bond donors (Lipinski definition) is 1. The van der Waals surface area contributed by atoms with Crippen LogP contribution in [-0.2, 0) is 4.79 Å². The van der Waals surface area contributed by atoms with Gasteiger partial charge in [0.15, 0.2) is 5.17 Å². The molecule has 1 fully saturated rings. The van der Waals surface area contributed by atoms with Crippen LogP contribution in [0, 0.1) is 0 Å². The Labute approximate surface area is 156 Å². The van der Waals surface area contributed by atoms with Crippen LogP contribution in [0.25, 0.3) is 17.0 Å². The minimum absolute atomic E-state index is 0.288. The first-order valence-corrected chi connectivity index (χ1v) is 9.47. The molecule has 1 amide bonds. The number of rotatable bonds is 3. The average Bonchev–Trinajstić information content (AvgIpc) is 2.98. The smallest absolute Gasteiger partial charge is 0.286 e. The lowest BCUT2D eigenvalue weighted by molar-refractivity contribution is -0.113. The van der Waals surface area contributed by atoms with Crippen LogP contribution in [0.15, 0.2) is 34.2 Å². The van der Waals surface area contributed by atoms with Crippen LogP contribution >= 0.6 is 11.8 Å². The van der Waals surface area contributed by atoms with E-state index in [0.29, 0.717) is 4.91 Å². The number of methoxy groups -OCH3 is 1. The van der Waals surface area contributed by atoms with Crippen LogP contribution in [0.3, 0.4) is 0 Å². The monoisotopic (exact) mass is 368 g/mol. The highest BCUT2D eigenvalue weighted by molar-refractivity contribution is 8.18. The first-order chi connectivity index (χ1) is 12.6. The van der Waals surface area contributed by atoms with Gasteiger partial charge in [-0.15, -0.1) is 0 Å². The number of anilines is 1. The standard InChI is InChI=1S/C19H20N4O2S/c1-25-14-5-6-15-12(10-14)9-13(11-16-18(24)22-19(20)26-16)17(21-15)23-7-3-2-4-8-23/h5-6,9-11H,2-4,7-8H2,1H3,(H2,20,22,24)/b16-11+. The van der Waals surface area contributed by atoms with Crippen molar-refractivity contribution in [2.75, 3.05) is 25.1 Å². The second kappa shape index (κ2) is 6.99. The molecule has 1 saturated heterocycles. The minimum atomic E-state index is -0.289. The summed E-state index contributed by atoms with van der Waals surface area (Å²) >= 11 is 1.21. The summed E-state index contributed by atoms with van der Waals surface area (Å²) in [5.74, 6) is 1.40. The highest BCUT2D eigenvalue weighted by Gasteiger charge is 2.22. The zero-order valence-corrected chi connectivity index (χ0v) is 15.4. The summed E-state index contributed by atoms with van der Waals surface area (Å²) in [6.07, 6.45) is 5.41. The number of hydrogen-bond acceptors (Lipinski definition) is 6. The van der Waals surface area contributed by atoms with Crippen LogP contribution in [0.5, 0.6) is 5.75 Å². The number of aliphatic imine (C=N–C) groups is 1. The van der Waals surface area contributed by atoms with E-state index in [-0.39, 0.29) is 11.1 Å². The van der Waals surface area contributed by atoms with Gasteiger partial charge in [0.25, 0.3) is 5.91 Å². The molecule has 2 aromatic rings. The summed E-state index contributed by atoms with van der Waals surface area (Å²) in [5, 5.41) is 1.26. The number of benzene rings is 1. The Morgan fingerprint density at radius 1 is 1.23 bits per heavy atom. The van der Waals surface area contributed by atoms with Crippen molar-refractivity contribution in [2.45, 2.75) is 19.3 Å². The Kier molecular flexibility index (Phi) is 4.55. The molecule has 2 N–H and O–H groups in total. The lowest BCUT2D eigenvalue weighted by Gasteiger charge is -2.29. The van der Waals surface area contributed by atoms with Gasteiger partial charge < -0.3 is 15.4 Å². The van der Waals surface area contributed by atoms with Crippen molar-refractivity contribution >= 4 is 45.6 Å². The number of nitrogens with zero attached hydrogens (tertiary/aromatic N) is 3. The first-order valence-electron chi connectivity index (χ1n) is 8.66. The van der Waals surface area contributed by atoms with E-state index in [1.807, 2.05) is 24.3 Å². The highest BCUT2D eigenvalue weighted by atomic mass is 32.2. The number of ether oxygens (including phenoxy) is 1. The van der Waals surface area contributed by atoms with Gasteiger partial charge >= 0.3 is 0 Å². The van der Waals surface area contributed by atoms with Crippen LogP contribution in [0.4, 0.5) is 5.82 Å². The van der Waals surface area contributed by atoms with Crippen LogP contribution in [0.2, 0.25) is 0 Å². The van der Waals surface area contributed by atoms with Gasteiger partial charge in [-0.3, -0.25) is 4.79 Å². The number of aromatic nitrogens is 1. The van der Waals surface area contributed by atoms with E-state index in [1.165, 1.54) is 18.2 Å². The molecule has 26 heavy (non-hydrogen) atoms. The maximum absolute atomic E-state index is 12.0. The van der Waals surface area contributed by atoms with Crippen molar-refractivity contribution in [3.8, 4) is 5.75 Å². The molecule has 7 heteroatoms. The third kappa shape index (κ3) is 3.26. The van der Waals surface area contributed by atoms with Gasteiger partial charge in [-0.2, -0.15) is 4.99 Å². The normalized spacial score (nSPS) is 19.3. The number of amidine groups is 1. The summed E-state index contributed by atoms with van der Waals surface area (Å²) in [4.78, 5) is 23.6. The Morgan fingerprint density at radius 3 is 2.73 bits per heavy atom. The lowest BCUT2D eigenvalue weighted by Crippen LogP contribution is -2.30. The molecular weight excluding hydrogens is 348 g/mol. The summed E-state index contributed by atoms with van der Waals surface area (Å²) in [7, 11) is 1.65. The molecule has 134 valence electrons. The number of thioether (sulfide) groups is 1. The molecule has 2 aliphatic heterocycles. The van der Waals surface area contributed by atoms with Crippen molar-refractivity contribution in [1.29, 1.82) is 0 Å². The predicted molar refractivity (Wildman–Crippen MR) is 107 cm³/mol. The van der Waals surface area contributed by atoms with Crippen molar-refractivity contribution in [3.63, 3.8) is 0 Å². The molecule has 4 rings (SSSR count). The average molecular weight is 368 g/mol. The van der Waals surface area contributed by atoms with Gasteiger partial charge in [0.2, 0.25) is 0 Å². The van der Waals surface area contributed by atoms with Gasteiger partial charge in [-0.25, -0.2) is 4.98 Å². The minimum Gasteiger partial charge on any atom is -0.497 e. The number of carbonyl (C=O) groups excluding carboxylic acids is 1. The van der Waals surface area contributed by atoms with Gasteiger partial charge in [0.1, 0.15) is 11.6 Å². The topological polar surface area (TPSA) is 80.8 Å². The molecule has 0 unspecified atom stereocenters. The number of carbonyl (C=O) groups is 1. The van der Waals surface area contributed by atoms with Crippen LogP contribution < -0.4 is 15.4 Å². The maximum Gasteiger partial charge on any atom is 0.286 e. The molecule has 0 aliphatic carbocycles. The fraction of sp³-hybridized carbons (Fsp3) is 0.316. The summed E-state index contributed by atoms with van der Waals surface area (Å²) in [6.45, 7) is 1.95. The van der Waals surface area contributed by atoms with Crippen LogP contribution in [-0.4, -0.2) is 36.3 Å². The van der Waals surface area contributed by atoms with Crippen LogP contribution in [0.1, 0.15) is 24.8 Å². The fourth-order valence-corrected chi connectivity index (χ4v) is 3.99. The molecule has 3 heterocycles. The third-order valence-electron chi connectivity index (χ3n) is 4.61. The quantitative estimate of drug-likeness (QED) is 0.838. The molecule has 0 bridgehead atoms. The Morgan fingerprint density at radius 2 is 2.04 bits per heavy atom. The second-order valence-electron chi connectivity index (χ2n) is 6.37. The number of amides is 1. The third-order valence-corrected chi connectivity index (χ3v) is 5.42. The van der Waals surface area contributed by atoms with Gasteiger partial charge in [0, 0.05) is 24.0 Å². The SMILES string of the molecule is COc1ccc2nc(N3CCCCC3)c(/C=C3/SC(N)=NC3=O)cc2c1. The summed E-state index contributed by atoms with van der Waals surface area (Å²) in [5.41, 5.74) is 7.51. The predicted octanol–water partition coefficient (Wildman–Crippen LogP) is 3.16. The molecular formula is C19H20N4O2S. The Bertz CT molecular complexity index is 933. The van der Waals surface area contributed by atoms with E-state index >= 15 is 0 Å². The Balaban J connectivity index is 1.83. The number of pyridine rings is 1. The summed E-state index contributed by atoms with van der Waals surface area (Å²) < 4.78 is 5.33. The molecule has 6 nitrogen and oxygen atoms in total. The Hall–Kier alpha value is -2.54. The van der Waals surface area contributed by atoms with Crippen molar-refractivity contribution in [2.24, 2.45) is 10.7 Å². The highest BCUT2D eigenvalue weighted by Crippen LogP contribution is 2.33. The van der Waals surface area contributed by atoms with Gasteiger partial charge in [-0.1, -0.05) is 0 Å². The lowest BCUT2D eigenvalue weighted by atomic mass is 10.1. The van der Waals surface area contributed by atoms with E-state index in [9.17, 15) is 4.79 Å². The number of nitrogens with two attached hydrogens (primary N) is 1. The molecule has 2 aliphatic rings. The fourth-order valence-electron chi connectivity index (χ4n) is 3.32. The van der Waals surface area contributed by atoms with E-state index in [0.717, 1.165) is 54.0 Å². The zero-order valence-electron chi connectivity index (χ0n) is 14.6. The van der Waals surface area contributed by atoms with Crippen molar-refractivity contribution in [1.82, 2.24) is 4.98 Å².